The Hall–Kier alpha value is -1.02. The first-order valence-electron chi connectivity index (χ1n) is 6.16. The van der Waals surface area contributed by atoms with Gasteiger partial charge in [-0.3, -0.25) is 0 Å². The molecule has 0 aliphatic carbocycles. The normalized spacial score (nSPS) is 17.7. The van der Waals surface area contributed by atoms with E-state index < -0.39 is 0 Å². The van der Waals surface area contributed by atoms with Gasteiger partial charge in [-0.1, -0.05) is 32.0 Å². The van der Waals surface area contributed by atoms with Crippen molar-refractivity contribution in [1.82, 2.24) is 5.32 Å². The van der Waals surface area contributed by atoms with E-state index in [2.05, 4.69) is 43.4 Å². The van der Waals surface area contributed by atoms with Crippen molar-refractivity contribution in [3.8, 4) is 5.75 Å². The van der Waals surface area contributed by atoms with E-state index >= 15 is 0 Å². The molecule has 0 N–H and O–H groups in total. The van der Waals surface area contributed by atoms with E-state index in [1.165, 1.54) is 5.56 Å². The molecule has 1 aromatic carbocycles. The molecule has 1 aromatic rings. The summed E-state index contributed by atoms with van der Waals surface area (Å²) in [5, 5.41) is 4.35. The Labute approximate surface area is 98.0 Å². The average Bonchev–Trinajstić information content (AvgIpc) is 2.31. The predicted molar refractivity (Wildman–Crippen MR) is 66.0 cm³/mol. The van der Waals surface area contributed by atoms with Crippen LogP contribution in [-0.4, -0.2) is 19.2 Å². The highest BCUT2D eigenvalue weighted by atomic mass is 16.5. The Balaban J connectivity index is 2.07. The molecular weight excluding hydrogens is 198 g/mol. The Morgan fingerprint density at radius 2 is 1.88 bits per heavy atom. The van der Waals surface area contributed by atoms with Crippen LogP contribution < -0.4 is 10.1 Å². The second kappa shape index (κ2) is 5.35. The third kappa shape index (κ3) is 2.76. The zero-order valence-corrected chi connectivity index (χ0v) is 10.1. The maximum absolute atomic E-state index is 6.09. The fourth-order valence-corrected chi connectivity index (χ4v) is 2.09. The van der Waals surface area contributed by atoms with Crippen LogP contribution in [0.3, 0.4) is 0 Å². The quantitative estimate of drug-likeness (QED) is 0.765. The molecule has 2 heteroatoms. The van der Waals surface area contributed by atoms with Gasteiger partial charge in [0.15, 0.2) is 0 Å². The highest BCUT2D eigenvalue weighted by Crippen LogP contribution is 2.27. The predicted octanol–water partition coefficient (Wildman–Crippen LogP) is 2.96. The first kappa shape index (κ1) is 11.5. The molecule has 0 unspecified atom stereocenters. The number of piperidine rings is 1. The largest absolute Gasteiger partial charge is 0.490 e. The number of benzene rings is 1. The van der Waals surface area contributed by atoms with Crippen LogP contribution in [0.4, 0.5) is 0 Å². The maximum Gasteiger partial charge on any atom is 0.123 e. The van der Waals surface area contributed by atoms with Gasteiger partial charge in [-0.25, -0.2) is 5.32 Å². The van der Waals surface area contributed by atoms with Crippen LogP contribution in [0.5, 0.6) is 5.75 Å². The molecule has 87 valence electrons. The van der Waals surface area contributed by atoms with Gasteiger partial charge in [0.25, 0.3) is 0 Å². The summed E-state index contributed by atoms with van der Waals surface area (Å²) in [5.41, 5.74) is 1.31. The van der Waals surface area contributed by atoms with E-state index in [4.69, 9.17) is 4.74 Å². The fourth-order valence-electron chi connectivity index (χ4n) is 2.09. The summed E-state index contributed by atoms with van der Waals surface area (Å²) < 4.78 is 6.09. The highest BCUT2D eigenvalue weighted by molar-refractivity contribution is 5.35. The molecule has 0 amide bonds. The minimum atomic E-state index is 0.359. The summed E-state index contributed by atoms with van der Waals surface area (Å²) in [5.74, 6) is 1.58. The zero-order chi connectivity index (χ0) is 11.4. The van der Waals surface area contributed by atoms with Crippen molar-refractivity contribution in [2.45, 2.75) is 38.7 Å². The van der Waals surface area contributed by atoms with Crippen molar-refractivity contribution >= 4 is 0 Å². The molecule has 1 saturated heterocycles. The van der Waals surface area contributed by atoms with Gasteiger partial charge in [0, 0.05) is 13.1 Å². The van der Waals surface area contributed by atoms with Gasteiger partial charge in [0.2, 0.25) is 0 Å². The molecule has 2 nitrogen and oxygen atoms in total. The maximum atomic E-state index is 6.09. The standard InChI is InChI=1S/C14H20NO/c1-11(2)13-5-3-4-6-14(13)16-12-7-9-15-10-8-12/h3-6,11-12H,7-10H2,1-2H3. The number of nitrogens with zero attached hydrogens (tertiary/aromatic N) is 1. The molecule has 1 aliphatic heterocycles. The summed E-state index contributed by atoms with van der Waals surface area (Å²) in [7, 11) is 0. The van der Waals surface area contributed by atoms with Crippen LogP contribution >= 0.6 is 0 Å². The number of para-hydroxylation sites is 1. The number of ether oxygens (including phenoxy) is 1. The van der Waals surface area contributed by atoms with Crippen molar-refractivity contribution in [3.63, 3.8) is 0 Å². The monoisotopic (exact) mass is 218 g/mol. The van der Waals surface area contributed by atoms with Gasteiger partial charge in [-0.15, -0.1) is 0 Å². The molecule has 16 heavy (non-hydrogen) atoms. The van der Waals surface area contributed by atoms with Gasteiger partial charge in [0.05, 0.1) is 0 Å². The van der Waals surface area contributed by atoms with Crippen molar-refractivity contribution in [3.05, 3.63) is 29.8 Å². The van der Waals surface area contributed by atoms with Crippen LogP contribution in [0.25, 0.3) is 0 Å². The minimum absolute atomic E-state index is 0.359. The lowest BCUT2D eigenvalue weighted by Gasteiger charge is -2.24. The second-order valence-corrected chi connectivity index (χ2v) is 4.68. The topological polar surface area (TPSA) is 23.3 Å². The van der Waals surface area contributed by atoms with E-state index in [1.807, 2.05) is 0 Å². The second-order valence-electron chi connectivity index (χ2n) is 4.68. The molecule has 1 radical (unpaired) electrons. The lowest BCUT2D eigenvalue weighted by atomic mass is 10.0. The molecule has 1 heterocycles. The van der Waals surface area contributed by atoms with Gasteiger partial charge >= 0.3 is 0 Å². The summed E-state index contributed by atoms with van der Waals surface area (Å²) in [6, 6.07) is 8.38. The zero-order valence-electron chi connectivity index (χ0n) is 10.1. The van der Waals surface area contributed by atoms with E-state index in [1.54, 1.807) is 0 Å². The SMILES string of the molecule is CC(C)c1ccccc1OC1CC[N]CC1. The average molecular weight is 218 g/mol. The lowest BCUT2D eigenvalue weighted by Crippen LogP contribution is -2.30. The van der Waals surface area contributed by atoms with Crippen LogP contribution in [0.2, 0.25) is 0 Å². The summed E-state index contributed by atoms with van der Waals surface area (Å²) in [4.78, 5) is 0. The summed E-state index contributed by atoms with van der Waals surface area (Å²) in [6.45, 7) is 6.32. The van der Waals surface area contributed by atoms with Crippen molar-refractivity contribution in [1.29, 1.82) is 0 Å². The number of hydrogen-bond donors (Lipinski definition) is 0. The Morgan fingerprint density at radius 3 is 2.56 bits per heavy atom. The first-order chi connectivity index (χ1) is 7.77. The number of hydrogen-bond acceptors (Lipinski definition) is 1. The van der Waals surface area contributed by atoms with Crippen molar-refractivity contribution in [2.75, 3.05) is 13.1 Å². The van der Waals surface area contributed by atoms with Crippen LogP contribution in [0, 0.1) is 0 Å². The molecule has 0 saturated carbocycles. The van der Waals surface area contributed by atoms with Gasteiger partial charge in [-0.05, 0) is 30.4 Å². The summed E-state index contributed by atoms with van der Waals surface area (Å²) >= 11 is 0. The molecule has 0 spiro atoms. The van der Waals surface area contributed by atoms with E-state index in [9.17, 15) is 0 Å². The van der Waals surface area contributed by atoms with Crippen LogP contribution in [0.15, 0.2) is 24.3 Å². The van der Waals surface area contributed by atoms with Gasteiger partial charge in [0.1, 0.15) is 11.9 Å². The molecule has 0 atom stereocenters. The third-order valence-electron chi connectivity index (χ3n) is 3.05. The third-order valence-corrected chi connectivity index (χ3v) is 3.05. The Kier molecular flexibility index (Phi) is 3.83. The van der Waals surface area contributed by atoms with Crippen LogP contribution in [0.1, 0.15) is 38.2 Å². The molecule has 1 fully saturated rings. The van der Waals surface area contributed by atoms with Gasteiger partial charge in [-0.2, -0.15) is 0 Å². The minimum Gasteiger partial charge on any atom is -0.490 e. The molecular formula is C14H20NO. The smallest absolute Gasteiger partial charge is 0.123 e. The van der Waals surface area contributed by atoms with E-state index in [-0.39, 0.29) is 0 Å². The summed E-state index contributed by atoms with van der Waals surface area (Å²) in [6.07, 6.45) is 2.48. The Bertz CT molecular complexity index is 329. The molecule has 0 aromatic heterocycles. The number of rotatable bonds is 3. The lowest BCUT2D eigenvalue weighted by molar-refractivity contribution is 0.159. The van der Waals surface area contributed by atoms with E-state index in [0.29, 0.717) is 12.0 Å². The Morgan fingerprint density at radius 1 is 1.19 bits per heavy atom. The van der Waals surface area contributed by atoms with Crippen molar-refractivity contribution < 1.29 is 4.74 Å². The van der Waals surface area contributed by atoms with Crippen molar-refractivity contribution in [2.24, 2.45) is 0 Å². The molecule has 0 bridgehead atoms. The van der Waals surface area contributed by atoms with E-state index in [0.717, 1.165) is 31.7 Å². The molecule has 1 aliphatic rings. The first-order valence-corrected chi connectivity index (χ1v) is 6.16. The fraction of sp³-hybridized carbons (Fsp3) is 0.571. The van der Waals surface area contributed by atoms with Gasteiger partial charge < -0.3 is 4.74 Å². The van der Waals surface area contributed by atoms with Crippen LogP contribution in [-0.2, 0) is 0 Å². The highest BCUT2D eigenvalue weighted by Gasteiger charge is 2.17. The molecule has 2 rings (SSSR count).